The summed E-state index contributed by atoms with van der Waals surface area (Å²) < 4.78 is 0. The van der Waals surface area contributed by atoms with E-state index in [4.69, 9.17) is 0 Å². The minimum Gasteiger partial charge on any atom is -0.513 e. The molecule has 1 fully saturated rings. The molecule has 1 amide bonds. The van der Waals surface area contributed by atoms with Crippen molar-refractivity contribution in [3.8, 4) is 0 Å². The molecule has 202 valence electrons. The number of hydrogen-bond donors (Lipinski definition) is 3. The molecule has 1 aliphatic rings. The van der Waals surface area contributed by atoms with Crippen molar-refractivity contribution in [1.29, 1.82) is 0 Å². The maximum Gasteiger partial charge on any atom is 0.220 e. The molecule has 2 atom stereocenters. The van der Waals surface area contributed by atoms with E-state index in [1.165, 1.54) is 70.6 Å². The van der Waals surface area contributed by atoms with Crippen LogP contribution in [0.1, 0.15) is 117 Å². The summed E-state index contributed by atoms with van der Waals surface area (Å²) >= 11 is 0. The van der Waals surface area contributed by atoms with Crippen molar-refractivity contribution in [2.24, 2.45) is 0 Å². The van der Waals surface area contributed by atoms with Gasteiger partial charge in [-0.2, -0.15) is 0 Å². The Labute approximate surface area is 215 Å². The molecular formula is C30H54N2O3. The monoisotopic (exact) mass is 490 g/mol. The average molecular weight is 491 g/mol. The lowest BCUT2D eigenvalue weighted by Gasteiger charge is -2.29. The molecule has 0 bridgehead atoms. The third-order valence-corrected chi connectivity index (χ3v) is 6.98. The summed E-state index contributed by atoms with van der Waals surface area (Å²) in [4.78, 5) is 15.0. The normalized spacial score (nSPS) is 16.9. The van der Waals surface area contributed by atoms with Gasteiger partial charge in [-0.3, -0.25) is 4.79 Å². The molecule has 0 radical (unpaired) electrons. The Morgan fingerprint density at radius 2 is 1.43 bits per heavy atom. The second-order valence-electron chi connectivity index (χ2n) is 10.3. The van der Waals surface area contributed by atoms with Gasteiger partial charge >= 0.3 is 0 Å². The number of aliphatic hydroxyl groups excluding tert-OH is 2. The largest absolute Gasteiger partial charge is 0.513 e. The Morgan fingerprint density at radius 1 is 0.914 bits per heavy atom. The number of amides is 1. The predicted molar refractivity (Wildman–Crippen MR) is 149 cm³/mol. The molecule has 0 aromatic carbocycles. The van der Waals surface area contributed by atoms with E-state index in [9.17, 15) is 15.0 Å². The zero-order valence-electron chi connectivity index (χ0n) is 22.8. The molecular weight excluding hydrogens is 436 g/mol. The van der Waals surface area contributed by atoms with Crippen LogP contribution in [-0.2, 0) is 4.79 Å². The fourth-order valence-corrected chi connectivity index (χ4v) is 4.79. The number of allylic oxidation sites excluding steroid dienone is 3. The fourth-order valence-electron chi connectivity index (χ4n) is 4.79. The van der Waals surface area contributed by atoms with Gasteiger partial charge in [0.15, 0.2) is 0 Å². The van der Waals surface area contributed by atoms with Crippen LogP contribution in [0.2, 0.25) is 0 Å². The summed E-state index contributed by atoms with van der Waals surface area (Å²) in [6, 6.07) is -0.390. The molecule has 1 saturated heterocycles. The fraction of sp³-hybridized carbons (Fsp3) is 0.767. The number of rotatable bonds is 21. The molecule has 5 heteroatoms. The van der Waals surface area contributed by atoms with E-state index in [1.54, 1.807) is 25.2 Å². The van der Waals surface area contributed by atoms with Crippen molar-refractivity contribution in [3.05, 3.63) is 36.1 Å². The first kappa shape index (κ1) is 31.4. The summed E-state index contributed by atoms with van der Waals surface area (Å²) in [7, 11) is 0. The van der Waals surface area contributed by atoms with Crippen LogP contribution < -0.4 is 5.32 Å². The second-order valence-corrected chi connectivity index (χ2v) is 10.3. The van der Waals surface area contributed by atoms with E-state index in [0.717, 1.165) is 38.8 Å². The van der Waals surface area contributed by atoms with Gasteiger partial charge in [0.1, 0.15) is 6.10 Å². The van der Waals surface area contributed by atoms with E-state index in [-0.39, 0.29) is 17.7 Å². The van der Waals surface area contributed by atoms with Gasteiger partial charge in [0.2, 0.25) is 5.91 Å². The van der Waals surface area contributed by atoms with Crippen molar-refractivity contribution in [2.75, 3.05) is 19.6 Å². The topological polar surface area (TPSA) is 72.8 Å². The highest BCUT2D eigenvalue weighted by molar-refractivity contribution is 5.76. The molecule has 0 aromatic rings. The second kappa shape index (κ2) is 20.6. The van der Waals surface area contributed by atoms with Crippen molar-refractivity contribution in [1.82, 2.24) is 10.2 Å². The van der Waals surface area contributed by atoms with Gasteiger partial charge in [-0.1, -0.05) is 103 Å². The molecule has 35 heavy (non-hydrogen) atoms. The highest BCUT2D eigenvalue weighted by Crippen LogP contribution is 2.16. The summed E-state index contributed by atoms with van der Waals surface area (Å²) in [5.41, 5.74) is 0.601. The van der Waals surface area contributed by atoms with Crippen molar-refractivity contribution < 1.29 is 15.0 Å². The SMILES string of the molecule is C=C/C(=C\C=C(/C)O)[C@@H](O)[C@@H](CN1CCCC1)NC(=O)CCCCCCCCCCCCCCC. The van der Waals surface area contributed by atoms with Gasteiger partial charge in [-0.05, 0) is 50.9 Å². The van der Waals surface area contributed by atoms with Gasteiger partial charge in [0.05, 0.1) is 11.8 Å². The molecule has 5 nitrogen and oxygen atoms in total. The number of carbonyl (C=O) groups is 1. The van der Waals surface area contributed by atoms with E-state index in [2.05, 4.69) is 23.7 Å². The lowest BCUT2D eigenvalue weighted by molar-refractivity contribution is -0.122. The number of likely N-dealkylation sites (tertiary alicyclic amines) is 1. The molecule has 3 N–H and O–H groups in total. The van der Waals surface area contributed by atoms with Gasteiger partial charge in [-0.25, -0.2) is 0 Å². The van der Waals surface area contributed by atoms with Crippen molar-refractivity contribution in [3.63, 3.8) is 0 Å². The molecule has 0 aliphatic carbocycles. The van der Waals surface area contributed by atoms with Crippen LogP contribution in [0.25, 0.3) is 0 Å². The quantitative estimate of drug-likeness (QED) is 0.0921. The zero-order valence-corrected chi connectivity index (χ0v) is 22.8. The number of aliphatic hydroxyl groups is 2. The number of nitrogens with one attached hydrogen (secondary N) is 1. The first-order valence-corrected chi connectivity index (χ1v) is 14.4. The van der Waals surface area contributed by atoms with Crippen LogP contribution in [0.3, 0.4) is 0 Å². The van der Waals surface area contributed by atoms with Crippen LogP contribution in [0.5, 0.6) is 0 Å². The Morgan fingerprint density at radius 3 is 1.91 bits per heavy atom. The summed E-state index contributed by atoms with van der Waals surface area (Å²) in [5, 5.41) is 23.5. The van der Waals surface area contributed by atoms with Gasteiger partial charge in [-0.15, -0.1) is 0 Å². The van der Waals surface area contributed by atoms with E-state index < -0.39 is 6.10 Å². The van der Waals surface area contributed by atoms with E-state index in [1.807, 2.05) is 0 Å². The minimum atomic E-state index is -0.862. The lowest BCUT2D eigenvalue weighted by atomic mass is 10.0. The summed E-state index contributed by atoms with van der Waals surface area (Å²) in [5.74, 6) is 0.174. The molecule has 0 aromatic heterocycles. The Bertz CT molecular complexity index is 619. The first-order chi connectivity index (χ1) is 17.0. The molecule has 1 aliphatic heterocycles. The van der Waals surface area contributed by atoms with Crippen molar-refractivity contribution in [2.45, 2.75) is 129 Å². The van der Waals surface area contributed by atoms with Gasteiger partial charge < -0.3 is 20.4 Å². The predicted octanol–water partition coefficient (Wildman–Crippen LogP) is 6.98. The van der Waals surface area contributed by atoms with Crippen LogP contribution in [-0.4, -0.2) is 52.8 Å². The third kappa shape index (κ3) is 15.9. The highest BCUT2D eigenvalue weighted by atomic mass is 16.3. The number of hydrogen-bond acceptors (Lipinski definition) is 4. The summed E-state index contributed by atoms with van der Waals surface area (Å²) in [6.07, 6.45) is 23.5. The number of carbonyl (C=O) groups excluding carboxylic acids is 1. The average Bonchev–Trinajstić information content (AvgIpc) is 3.35. The summed E-state index contributed by atoms with van der Waals surface area (Å²) in [6.45, 7) is 10.3. The number of unbranched alkanes of at least 4 members (excludes halogenated alkanes) is 12. The van der Waals surface area contributed by atoms with Crippen LogP contribution in [0, 0.1) is 0 Å². The minimum absolute atomic E-state index is 0.00798. The molecule has 1 rings (SSSR count). The molecule has 1 heterocycles. The zero-order chi connectivity index (χ0) is 25.7. The van der Waals surface area contributed by atoms with Crippen LogP contribution in [0.4, 0.5) is 0 Å². The molecule has 0 unspecified atom stereocenters. The standard InChI is InChI=1S/C30H54N2O3/c1-4-6-7-8-9-10-11-12-13-14-15-16-17-20-29(34)31-28(25-32-23-18-19-24-32)30(35)27(5-2)22-21-26(3)33/h5,21-22,28,30,33,35H,2,4,6-20,23-25H2,1,3H3,(H,31,34)/b26-21+,27-22+/t28-,30-/m1/s1. The van der Waals surface area contributed by atoms with Gasteiger partial charge in [0.25, 0.3) is 0 Å². The third-order valence-electron chi connectivity index (χ3n) is 6.98. The van der Waals surface area contributed by atoms with Crippen LogP contribution in [0.15, 0.2) is 36.1 Å². The van der Waals surface area contributed by atoms with E-state index >= 15 is 0 Å². The Hall–Kier alpha value is -1.59. The van der Waals surface area contributed by atoms with Crippen molar-refractivity contribution >= 4 is 5.91 Å². The maximum absolute atomic E-state index is 12.7. The van der Waals surface area contributed by atoms with E-state index in [0.29, 0.717) is 18.5 Å². The highest BCUT2D eigenvalue weighted by Gasteiger charge is 2.26. The van der Waals surface area contributed by atoms with Crippen LogP contribution >= 0.6 is 0 Å². The first-order valence-electron chi connectivity index (χ1n) is 14.4. The Kier molecular flexibility index (Phi) is 18.5. The smallest absolute Gasteiger partial charge is 0.220 e. The molecule has 0 spiro atoms. The van der Waals surface area contributed by atoms with Gasteiger partial charge in [0, 0.05) is 13.0 Å². The molecule has 0 saturated carbocycles. The Balaban J connectivity index is 2.30. The lowest BCUT2D eigenvalue weighted by Crippen LogP contribution is -2.50. The maximum atomic E-state index is 12.7. The number of nitrogens with zero attached hydrogens (tertiary/aromatic N) is 1.